The summed E-state index contributed by atoms with van der Waals surface area (Å²) in [7, 11) is 0. The minimum Gasteiger partial charge on any atom is -0.394 e. The van der Waals surface area contributed by atoms with Crippen molar-refractivity contribution >= 4 is 5.91 Å². The molecule has 426 valence electrons. The van der Waals surface area contributed by atoms with E-state index in [0.29, 0.717) is 6.42 Å². The Morgan fingerprint density at radius 2 is 0.861 bits per heavy atom. The molecule has 2 rings (SSSR count). The Kier molecular flexibility index (Phi) is 41.6. The summed E-state index contributed by atoms with van der Waals surface area (Å²) in [6, 6.07) is -0.905. The summed E-state index contributed by atoms with van der Waals surface area (Å²) >= 11 is 0. The summed E-state index contributed by atoms with van der Waals surface area (Å²) in [4.78, 5) is 13.1. The van der Waals surface area contributed by atoms with Crippen molar-refractivity contribution in [3.8, 4) is 0 Å². The molecule has 1 amide bonds. The molecule has 9 N–H and O–H groups in total. The van der Waals surface area contributed by atoms with Crippen molar-refractivity contribution in [2.75, 3.05) is 19.8 Å². The van der Waals surface area contributed by atoms with Crippen molar-refractivity contribution in [1.29, 1.82) is 0 Å². The molecule has 12 atom stereocenters. The summed E-state index contributed by atoms with van der Waals surface area (Å²) < 4.78 is 22.6. The molecule has 72 heavy (non-hydrogen) atoms. The Balaban J connectivity index is 1.48. The first-order valence-corrected chi connectivity index (χ1v) is 29.9. The van der Waals surface area contributed by atoms with Crippen molar-refractivity contribution < 1.29 is 64.6 Å². The highest BCUT2D eigenvalue weighted by Gasteiger charge is 2.51. The molecule has 0 aromatic carbocycles. The molecule has 0 aromatic rings. The summed E-state index contributed by atoms with van der Waals surface area (Å²) in [5.74, 6) is -0.244. The molecule has 2 heterocycles. The third kappa shape index (κ3) is 30.5. The van der Waals surface area contributed by atoms with Gasteiger partial charge in [0.05, 0.1) is 32.0 Å². The minimum absolute atomic E-state index is 0.244. The number of aliphatic hydroxyl groups is 8. The number of ether oxygens (including phenoxy) is 4. The SMILES string of the molecule is CCCC/C=C/C(O)C(COC1OC(CO)C(OC2OC(CO)C(O)C(O)C2O)C(O)C1O)NC(=O)CCCCCCCCCCCCCCCCCCCCCCCCCCCCCCCCCCCC. The van der Waals surface area contributed by atoms with Gasteiger partial charge in [-0.3, -0.25) is 4.79 Å². The van der Waals surface area contributed by atoms with Crippen molar-refractivity contribution in [3.63, 3.8) is 0 Å². The fourth-order valence-electron chi connectivity index (χ4n) is 10.1. The van der Waals surface area contributed by atoms with Crippen LogP contribution in [0.4, 0.5) is 0 Å². The maximum atomic E-state index is 13.1. The number of amides is 1. The first kappa shape index (κ1) is 66.8. The van der Waals surface area contributed by atoms with E-state index in [9.17, 15) is 45.6 Å². The monoisotopic (exact) mass is 1030 g/mol. The molecule has 14 nitrogen and oxygen atoms in total. The number of carbonyl (C=O) groups is 1. The molecule has 2 saturated heterocycles. The van der Waals surface area contributed by atoms with Crippen LogP contribution < -0.4 is 5.32 Å². The first-order chi connectivity index (χ1) is 35.1. The highest BCUT2D eigenvalue weighted by molar-refractivity contribution is 5.76. The normalized spacial score (nSPS) is 25.6. The summed E-state index contributed by atoms with van der Waals surface area (Å²) in [5, 5.41) is 86.2. The van der Waals surface area contributed by atoms with Gasteiger partial charge >= 0.3 is 0 Å². The lowest BCUT2D eigenvalue weighted by Gasteiger charge is -2.46. The van der Waals surface area contributed by atoms with Crippen LogP contribution in [0.1, 0.15) is 258 Å². The van der Waals surface area contributed by atoms with E-state index in [1.807, 2.05) is 6.08 Å². The van der Waals surface area contributed by atoms with Crippen LogP contribution in [-0.4, -0.2) is 140 Å². The van der Waals surface area contributed by atoms with Crippen LogP contribution >= 0.6 is 0 Å². The van der Waals surface area contributed by atoms with Gasteiger partial charge in [-0.05, 0) is 12.8 Å². The van der Waals surface area contributed by atoms with E-state index < -0.39 is 86.8 Å². The molecular formula is C58H111NO13. The number of nitrogens with one attached hydrogen (secondary N) is 1. The lowest BCUT2D eigenvalue weighted by Crippen LogP contribution is -2.65. The molecule has 14 heteroatoms. The molecule has 2 aliphatic rings. The molecule has 0 aromatic heterocycles. The lowest BCUT2D eigenvalue weighted by atomic mass is 9.97. The highest BCUT2D eigenvalue weighted by Crippen LogP contribution is 2.30. The number of carbonyl (C=O) groups excluding carboxylic acids is 1. The zero-order valence-electron chi connectivity index (χ0n) is 45.7. The van der Waals surface area contributed by atoms with Crippen LogP contribution in [0.15, 0.2) is 12.2 Å². The van der Waals surface area contributed by atoms with Gasteiger partial charge in [0.15, 0.2) is 12.6 Å². The average Bonchev–Trinajstić information content (AvgIpc) is 3.38. The van der Waals surface area contributed by atoms with Crippen LogP contribution in [0.3, 0.4) is 0 Å². The van der Waals surface area contributed by atoms with Crippen LogP contribution in [-0.2, 0) is 23.7 Å². The minimum atomic E-state index is -1.78. The Hall–Kier alpha value is -1.27. The van der Waals surface area contributed by atoms with Crippen LogP contribution in [0.25, 0.3) is 0 Å². The van der Waals surface area contributed by atoms with Crippen molar-refractivity contribution in [1.82, 2.24) is 5.32 Å². The molecule has 0 saturated carbocycles. The third-order valence-electron chi connectivity index (χ3n) is 15.0. The largest absolute Gasteiger partial charge is 0.394 e. The second-order valence-corrected chi connectivity index (χ2v) is 21.5. The Morgan fingerprint density at radius 3 is 1.26 bits per heavy atom. The van der Waals surface area contributed by atoms with E-state index in [1.54, 1.807) is 6.08 Å². The van der Waals surface area contributed by atoms with Crippen molar-refractivity contribution in [2.24, 2.45) is 0 Å². The topological polar surface area (TPSA) is 228 Å². The Bertz CT molecular complexity index is 1260. The average molecular weight is 1030 g/mol. The van der Waals surface area contributed by atoms with E-state index in [-0.39, 0.29) is 18.9 Å². The highest BCUT2D eigenvalue weighted by atomic mass is 16.7. The number of hydrogen-bond donors (Lipinski definition) is 9. The van der Waals surface area contributed by atoms with Crippen molar-refractivity contribution in [2.45, 2.75) is 331 Å². The van der Waals surface area contributed by atoms with E-state index in [4.69, 9.17) is 18.9 Å². The Morgan fingerprint density at radius 1 is 0.486 bits per heavy atom. The number of aliphatic hydroxyl groups excluding tert-OH is 8. The number of unbranched alkanes of at least 4 members (excludes halogenated alkanes) is 35. The second-order valence-electron chi connectivity index (χ2n) is 21.5. The van der Waals surface area contributed by atoms with Gasteiger partial charge in [0.2, 0.25) is 5.91 Å². The van der Waals surface area contributed by atoms with Crippen molar-refractivity contribution in [3.05, 3.63) is 12.2 Å². The van der Waals surface area contributed by atoms with Gasteiger partial charge in [-0.25, -0.2) is 0 Å². The van der Waals surface area contributed by atoms with Gasteiger partial charge in [0.25, 0.3) is 0 Å². The molecule has 0 radical (unpaired) electrons. The molecule has 0 bridgehead atoms. The third-order valence-corrected chi connectivity index (χ3v) is 15.0. The number of hydrogen-bond acceptors (Lipinski definition) is 13. The van der Waals surface area contributed by atoms with E-state index >= 15 is 0 Å². The predicted molar refractivity (Wildman–Crippen MR) is 286 cm³/mol. The lowest BCUT2D eigenvalue weighted by molar-refractivity contribution is -0.359. The number of allylic oxidation sites excluding steroid dienone is 1. The van der Waals surface area contributed by atoms with Gasteiger partial charge in [0.1, 0.15) is 48.8 Å². The maximum Gasteiger partial charge on any atom is 0.220 e. The first-order valence-electron chi connectivity index (χ1n) is 29.9. The summed E-state index contributed by atoms with van der Waals surface area (Å²) in [6.07, 6.45) is 35.4. The van der Waals surface area contributed by atoms with Crippen LogP contribution in [0.2, 0.25) is 0 Å². The molecule has 0 aliphatic carbocycles. The zero-order valence-corrected chi connectivity index (χ0v) is 45.7. The molecule has 2 aliphatic heterocycles. The fourth-order valence-corrected chi connectivity index (χ4v) is 10.1. The fraction of sp³-hybridized carbons (Fsp3) is 0.948. The quantitative estimate of drug-likeness (QED) is 0.0205. The van der Waals surface area contributed by atoms with E-state index in [0.717, 1.165) is 38.5 Å². The predicted octanol–water partition coefficient (Wildman–Crippen LogP) is 9.89. The Labute approximate surface area is 437 Å². The van der Waals surface area contributed by atoms with Crippen LogP contribution in [0, 0.1) is 0 Å². The van der Waals surface area contributed by atoms with Gasteiger partial charge < -0.3 is 65.1 Å². The summed E-state index contributed by atoms with van der Waals surface area (Å²) in [6.45, 7) is 2.65. The van der Waals surface area contributed by atoms with Gasteiger partial charge in [-0.15, -0.1) is 0 Å². The maximum absolute atomic E-state index is 13.1. The second kappa shape index (κ2) is 44.8. The molecular weight excluding hydrogens is 919 g/mol. The molecule has 12 unspecified atom stereocenters. The van der Waals surface area contributed by atoms with E-state index in [2.05, 4.69) is 19.2 Å². The van der Waals surface area contributed by atoms with Gasteiger partial charge in [0, 0.05) is 6.42 Å². The number of rotatable bonds is 48. The smallest absolute Gasteiger partial charge is 0.220 e. The summed E-state index contributed by atoms with van der Waals surface area (Å²) in [5.41, 5.74) is 0. The van der Waals surface area contributed by atoms with Crippen LogP contribution in [0.5, 0.6) is 0 Å². The standard InChI is InChI=1S/C58H111NO13/c1-3-5-7-9-10-11-12-13-14-15-16-17-18-19-20-21-22-23-24-25-26-27-28-29-30-31-32-33-34-35-36-37-38-40-42-50(63)59-46(47(62)41-39-8-6-4-2)45-69-57-55(68)53(66)56(49(44-61)71-57)72-58-54(67)52(65)51(64)48(43-60)70-58/h39,41,46-49,51-58,60-62,64-68H,3-38,40,42-45H2,1-2H3,(H,59,63)/b41-39+. The molecule has 2 fully saturated rings. The van der Waals surface area contributed by atoms with Gasteiger partial charge in [-0.1, -0.05) is 251 Å². The van der Waals surface area contributed by atoms with E-state index in [1.165, 1.54) is 193 Å². The molecule has 0 spiro atoms. The van der Waals surface area contributed by atoms with Gasteiger partial charge in [-0.2, -0.15) is 0 Å². The zero-order chi connectivity index (χ0) is 52.4.